The van der Waals surface area contributed by atoms with Gasteiger partial charge in [0.1, 0.15) is 0 Å². The molecule has 5 nitrogen and oxygen atoms in total. The van der Waals surface area contributed by atoms with E-state index in [1.165, 1.54) is 27.8 Å². The van der Waals surface area contributed by atoms with Gasteiger partial charge < -0.3 is 0 Å². The molecule has 11 aromatic rings. The van der Waals surface area contributed by atoms with Gasteiger partial charge in [0.25, 0.3) is 0 Å². The van der Waals surface area contributed by atoms with Gasteiger partial charge in [0.05, 0.1) is 0 Å². The predicted octanol–water partition coefficient (Wildman–Crippen LogP) is 18.6. The van der Waals surface area contributed by atoms with E-state index in [0.29, 0.717) is 22.9 Å². The molecule has 1 aliphatic carbocycles. The van der Waals surface area contributed by atoms with E-state index in [9.17, 15) is 0 Å². The van der Waals surface area contributed by atoms with Crippen LogP contribution in [-0.2, 0) is 41.0 Å². The zero-order valence-electron chi connectivity index (χ0n) is 48.7. The molecule has 77 heavy (non-hydrogen) atoms. The number of aromatic nitrogens is 4. The molecule has 0 aliphatic heterocycles. The third-order valence-electron chi connectivity index (χ3n) is 16.1. The first-order valence-electron chi connectivity index (χ1n) is 28.3. The smallest absolute Gasteiger partial charge is 0.0622 e. The number of para-hydroxylation sites is 3. The van der Waals surface area contributed by atoms with E-state index in [0.717, 1.165) is 83.1 Å². The van der Waals surface area contributed by atoms with Crippen molar-refractivity contribution in [3.05, 3.63) is 220 Å². The molecule has 0 spiro atoms. The second kappa shape index (κ2) is 18.7. The molecule has 0 atom stereocenters. The average molecular weight is 1190 g/mol. The maximum atomic E-state index is 8.78. The van der Waals surface area contributed by atoms with E-state index in [2.05, 4.69) is 230 Å². The van der Waals surface area contributed by atoms with Crippen molar-refractivity contribution < 1.29 is 28.2 Å². The van der Waals surface area contributed by atoms with E-state index in [1.807, 2.05) is 48.5 Å². The van der Waals surface area contributed by atoms with Crippen LogP contribution in [0.2, 0.25) is 0 Å². The zero-order valence-corrected chi connectivity index (χ0v) is 47.9. The topological polar surface area (TPSA) is 36.9 Å². The van der Waals surface area contributed by atoms with Gasteiger partial charge in [0.15, 0.2) is 0 Å². The molecule has 1 aliphatic rings. The van der Waals surface area contributed by atoms with Crippen LogP contribution in [-0.4, -0.2) is 18.7 Å². The first-order valence-corrected chi connectivity index (χ1v) is 28.0. The number of fused-ring (bicyclic) bond motifs is 5. The summed E-state index contributed by atoms with van der Waals surface area (Å²) >= 11 is 2.49. The molecule has 0 saturated heterocycles. The number of benzene rings is 8. The Morgan fingerprint density at radius 1 is 0.532 bits per heavy atom. The van der Waals surface area contributed by atoms with E-state index >= 15 is 0 Å². The Morgan fingerprint density at radius 3 is 1.74 bits per heavy atom. The number of hydrogen-bond acceptors (Lipinski definition) is 2. The fraction of sp³-hybridized carbons (Fsp3) is 0.239. The van der Waals surface area contributed by atoms with Gasteiger partial charge in [-0.3, -0.25) is 0 Å². The Morgan fingerprint density at radius 2 is 1.10 bits per heavy atom. The summed E-state index contributed by atoms with van der Waals surface area (Å²) in [5.41, 5.74) is 16.8. The van der Waals surface area contributed by atoms with Crippen molar-refractivity contribution in [2.75, 3.05) is 0 Å². The third-order valence-corrected chi connectivity index (χ3v) is 17.1. The number of hydrogen-bond donors (Lipinski definition) is 0. The summed E-state index contributed by atoms with van der Waals surface area (Å²) < 4.78 is 40.9. The number of imidazole rings is 1. The first-order chi connectivity index (χ1) is 38.0. The van der Waals surface area contributed by atoms with Crippen LogP contribution in [0.1, 0.15) is 114 Å². The van der Waals surface area contributed by atoms with Crippen LogP contribution >= 0.6 is 0 Å². The van der Waals surface area contributed by atoms with Gasteiger partial charge in [-0.25, -0.2) is 0 Å². The van der Waals surface area contributed by atoms with Crippen molar-refractivity contribution >= 4 is 32.8 Å². The predicted molar refractivity (Wildman–Crippen MR) is 316 cm³/mol. The van der Waals surface area contributed by atoms with Crippen molar-refractivity contribution in [1.29, 1.82) is 0 Å². The van der Waals surface area contributed by atoms with Gasteiger partial charge in [0, 0.05) is 15.9 Å². The van der Waals surface area contributed by atoms with Gasteiger partial charge in [-0.2, -0.15) is 0 Å². The average Bonchev–Trinajstić information content (AvgIpc) is 3.98. The molecule has 3 heterocycles. The Labute approximate surface area is 469 Å². The van der Waals surface area contributed by atoms with E-state index in [4.69, 9.17) is 13.8 Å². The SMILES string of the molecule is [2H]C([2H])([2H])c1cc(-n2c3[c-]c(Oc4[c-]c(-n5[c](=[Pt])n(-c6c(-c7ccccc7)cccc6-c6cc(C(C)(C)C)cc(C(C)(C)C)c6)c6ccccc65)ccc4)ccc3c3cc4c(cc32)C(C)(C)CCC4(C)C)ncc1-c1ccccc1. The van der Waals surface area contributed by atoms with Gasteiger partial charge >= 0.3 is 346 Å². The van der Waals surface area contributed by atoms with E-state index in [1.54, 1.807) is 12.3 Å². The van der Waals surface area contributed by atoms with Crippen LogP contribution < -0.4 is 4.74 Å². The molecular formula is C71H66N4OPt-2. The Hall–Kier alpha value is -7.33. The van der Waals surface area contributed by atoms with Gasteiger partial charge in [-0.15, -0.1) is 0 Å². The molecule has 12 rings (SSSR count). The minimum absolute atomic E-state index is 0.0327. The van der Waals surface area contributed by atoms with Crippen LogP contribution in [0.5, 0.6) is 11.5 Å². The summed E-state index contributed by atoms with van der Waals surface area (Å²) in [4.78, 5) is 5.08. The number of aryl methyl sites for hydroxylation is 1. The number of rotatable bonds is 8. The van der Waals surface area contributed by atoms with E-state index in [-0.39, 0.29) is 27.2 Å². The van der Waals surface area contributed by atoms with Crippen LogP contribution in [0.4, 0.5) is 0 Å². The molecule has 0 amide bonds. The van der Waals surface area contributed by atoms with Crippen molar-refractivity contribution in [2.45, 2.75) is 111 Å². The summed E-state index contributed by atoms with van der Waals surface area (Å²) in [6.45, 7) is 20.7. The Balaban J connectivity index is 1.02. The van der Waals surface area contributed by atoms with Gasteiger partial charge in [0.2, 0.25) is 0 Å². The molecule has 3 aromatic heterocycles. The standard InChI is InChI=1S/C71H66N4O.Pt/c1-46-36-66(72-44-59(46)48-24-16-13-17-25-48)75-64-41-54(32-33-57(64)58-42-60-61(43-65(58)75)71(10,11)35-34-70(60,8)9)76-53-27-20-26-52(40-53)73-45-74(63-31-19-18-30-62(63)73)67-55(47-22-14-12-15-23-47)28-21-29-56(67)49-37-50(68(2,3)4)39-51(38-49)69(5,6)7;/h12-33,36-39,42-44H,34-35H2,1-11H3;/q-2;/i1D3;. The molecule has 0 unspecified atom stereocenters. The zero-order chi connectivity index (χ0) is 56.3. The normalized spacial score (nSPS) is 15.1. The van der Waals surface area contributed by atoms with Crippen molar-refractivity contribution in [3.63, 3.8) is 0 Å². The second-order valence-electron chi connectivity index (χ2n) is 24.3. The molecular weight excluding hydrogens is 1120 g/mol. The molecule has 0 N–H and O–H groups in total. The fourth-order valence-electron chi connectivity index (χ4n) is 11.5. The van der Waals surface area contributed by atoms with E-state index < -0.39 is 6.85 Å². The van der Waals surface area contributed by atoms with Crippen LogP contribution in [0, 0.1) is 22.8 Å². The first kappa shape index (κ1) is 46.9. The summed E-state index contributed by atoms with van der Waals surface area (Å²) in [6.07, 6.45) is 3.84. The molecule has 0 radical (unpaired) electrons. The van der Waals surface area contributed by atoms with Gasteiger partial charge in [-0.05, 0) is 52.8 Å². The monoisotopic (exact) mass is 1190 g/mol. The summed E-state index contributed by atoms with van der Waals surface area (Å²) in [7, 11) is 0. The third kappa shape index (κ3) is 8.95. The molecule has 6 heteroatoms. The van der Waals surface area contributed by atoms with Crippen molar-refractivity contribution in [2.24, 2.45) is 0 Å². The second-order valence-corrected chi connectivity index (χ2v) is 25.3. The fourth-order valence-corrected chi connectivity index (χ4v) is 12.6. The Kier molecular flexibility index (Phi) is 11.4. The molecule has 0 saturated carbocycles. The summed E-state index contributed by atoms with van der Waals surface area (Å²) in [5.74, 6) is 1.52. The maximum absolute atomic E-state index is 8.78. The molecule has 8 aromatic carbocycles. The number of nitrogens with zero attached hydrogens (tertiary/aromatic N) is 4. The summed E-state index contributed by atoms with van der Waals surface area (Å²) in [5, 5.41) is 2.03. The van der Waals surface area contributed by atoms with Crippen molar-refractivity contribution in [1.82, 2.24) is 18.7 Å². The molecule has 0 fully saturated rings. The van der Waals surface area contributed by atoms with Crippen LogP contribution in [0.3, 0.4) is 0 Å². The van der Waals surface area contributed by atoms with Crippen LogP contribution in [0.15, 0.2) is 176 Å². The molecule has 388 valence electrons. The summed E-state index contributed by atoms with van der Waals surface area (Å²) in [6, 6.07) is 66.7. The van der Waals surface area contributed by atoms with Crippen molar-refractivity contribution in [3.8, 4) is 62.1 Å². The number of pyridine rings is 1. The Bertz CT molecular complexity index is 4270. The van der Waals surface area contributed by atoms with Crippen LogP contribution in [0.25, 0.3) is 83.4 Å². The van der Waals surface area contributed by atoms with Gasteiger partial charge in [-0.1, -0.05) is 58.0 Å². The number of ether oxygens (including phenoxy) is 1. The minimum Gasteiger partial charge on any atom is -0.0622 e. The quantitative estimate of drug-likeness (QED) is 0.142. The minimum atomic E-state index is -2.41. The molecule has 0 bridgehead atoms.